The van der Waals surface area contributed by atoms with Crippen LogP contribution in [0.4, 0.5) is 0 Å². The molecule has 6 heteroatoms. The van der Waals surface area contributed by atoms with Crippen LogP contribution in [0.3, 0.4) is 0 Å². The number of nitrogens with zero attached hydrogens (tertiary/aromatic N) is 2. The van der Waals surface area contributed by atoms with Crippen LogP contribution in [0.2, 0.25) is 5.02 Å². The van der Waals surface area contributed by atoms with Gasteiger partial charge < -0.3 is 14.6 Å². The lowest BCUT2D eigenvalue weighted by molar-refractivity contribution is -0.0706. The van der Waals surface area contributed by atoms with Gasteiger partial charge in [-0.25, -0.2) is 0 Å². The summed E-state index contributed by atoms with van der Waals surface area (Å²) < 4.78 is 11.6. The van der Waals surface area contributed by atoms with Crippen molar-refractivity contribution >= 4 is 17.2 Å². The highest BCUT2D eigenvalue weighted by molar-refractivity contribution is 6.30. The van der Waals surface area contributed by atoms with Crippen molar-refractivity contribution in [3.05, 3.63) is 94.3 Å². The van der Waals surface area contributed by atoms with Crippen LogP contribution in [0.5, 0.6) is 11.5 Å². The number of fused-ring (bicyclic) bond motifs is 2. The molecule has 5 nitrogen and oxygen atoms in total. The molecular formula is C30H33ClN2O3. The SMILES string of the molecule is COc1ccc2c(c1)/C(=C/CCN1C(C)CC(O)(c3ccc(Cl)cc3)CC1C)c1cccnc1CO2. The minimum atomic E-state index is -0.836. The van der Waals surface area contributed by atoms with Gasteiger partial charge in [0.1, 0.15) is 18.1 Å². The summed E-state index contributed by atoms with van der Waals surface area (Å²) in [6, 6.07) is 18.1. The molecule has 0 saturated carbocycles. The third-order valence-corrected chi connectivity index (χ3v) is 7.79. The standard InChI is InChI=1S/C30H33ClN2O3/c1-20-17-30(34,22-8-10-23(31)11-9-22)18-21(2)33(20)15-5-7-25-26-6-4-14-32-28(26)19-36-29-13-12-24(35-3)16-27(25)29/h4,6-14,16,20-21,34H,5,15,17-19H2,1-3H3/b25-7+. The maximum absolute atomic E-state index is 11.5. The van der Waals surface area contributed by atoms with E-state index in [9.17, 15) is 5.11 Å². The molecule has 36 heavy (non-hydrogen) atoms. The predicted molar refractivity (Wildman–Crippen MR) is 143 cm³/mol. The summed E-state index contributed by atoms with van der Waals surface area (Å²) in [6.45, 7) is 5.76. The van der Waals surface area contributed by atoms with Gasteiger partial charge in [0, 0.05) is 41.0 Å². The second-order valence-electron chi connectivity index (χ2n) is 9.94. The first-order valence-corrected chi connectivity index (χ1v) is 13.0. The number of aromatic nitrogens is 1. The molecule has 2 unspecified atom stereocenters. The Morgan fingerprint density at radius 1 is 1.11 bits per heavy atom. The van der Waals surface area contributed by atoms with E-state index in [4.69, 9.17) is 21.1 Å². The van der Waals surface area contributed by atoms with E-state index in [1.165, 1.54) is 0 Å². The molecule has 1 saturated heterocycles. The Morgan fingerprint density at radius 3 is 2.58 bits per heavy atom. The van der Waals surface area contributed by atoms with Crippen LogP contribution in [0, 0.1) is 0 Å². The summed E-state index contributed by atoms with van der Waals surface area (Å²) in [7, 11) is 1.68. The molecule has 2 aliphatic heterocycles. The van der Waals surface area contributed by atoms with Gasteiger partial charge in [-0.15, -0.1) is 0 Å². The fraction of sp³-hybridized carbons (Fsp3) is 0.367. The van der Waals surface area contributed by atoms with Crippen molar-refractivity contribution in [1.82, 2.24) is 9.88 Å². The van der Waals surface area contributed by atoms with Crippen molar-refractivity contribution in [3.8, 4) is 11.5 Å². The van der Waals surface area contributed by atoms with Crippen LogP contribution in [0.1, 0.15) is 55.5 Å². The van der Waals surface area contributed by atoms with Crippen LogP contribution in [0.15, 0.2) is 66.9 Å². The number of pyridine rings is 1. The lowest BCUT2D eigenvalue weighted by Gasteiger charge is -2.47. The van der Waals surface area contributed by atoms with Gasteiger partial charge in [-0.05, 0) is 80.6 Å². The highest BCUT2D eigenvalue weighted by Crippen LogP contribution is 2.41. The summed E-state index contributed by atoms with van der Waals surface area (Å²) in [5.74, 6) is 1.64. The Labute approximate surface area is 218 Å². The van der Waals surface area contributed by atoms with Gasteiger partial charge in [0.2, 0.25) is 0 Å². The van der Waals surface area contributed by atoms with E-state index in [-0.39, 0.29) is 12.1 Å². The molecule has 0 aliphatic carbocycles. The highest BCUT2D eigenvalue weighted by atomic mass is 35.5. The van der Waals surface area contributed by atoms with Gasteiger partial charge in [0.15, 0.2) is 0 Å². The lowest BCUT2D eigenvalue weighted by Crippen LogP contribution is -2.52. The molecule has 5 rings (SSSR count). The average molecular weight is 505 g/mol. The van der Waals surface area contributed by atoms with Gasteiger partial charge >= 0.3 is 0 Å². The fourth-order valence-corrected chi connectivity index (χ4v) is 5.93. The Balaban J connectivity index is 1.38. The van der Waals surface area contributed by atoms with Crippen molar-refractivity contribution in [1.29, 1.82) is 0 Å². The Morgan fingerprint density at radius 2 is 1.86 bits per heavy atom. The largest absolute Gasteiger partial charge is 0.497 e. The molecule has 1 fully saturated rings. The Bertz CT molecular complexity index is 1250. The van der Waals surface area contributed by atoms with E-state index in [0.29, 0.717) is 24.5 Å². The van der Waals surface area contributed by atoms with Crippen LogP contribution in [-0.2, 0) is 12.2 Å². The highest BCUT2D eigenvalue weighted by Gasteiger charge is 2.41. The minimum absolute atomic E-state index is 0.242. The zero-order valence-electron chi connectivity index (χ0n) is 21.1. The maximum Gasteiger partial charge on any atom is 0.131 e. The van der Waals surface area contributed by atoms with Crippen molar-refractivity contribution < 1.29 is 14.6 Å². The summed E-state index contributed by atoms with van der Waals surface area (Å²) in [5.41, 5.74) is 4.29. The molecular weight excluding hydrogens is 472 g/mol. The summed E-state index contributed by atoms with van der Waals surface area (Å²) in [6.07, 6.45) is 6.36. The lowest BCUT2D eigenvalue weighted by atomic mass is 9.78. The third-order valence-electron chi connectivity index (χ3n) is 7.54. The molecule has 0 amide bonds. The van der Waals surface area contributed by atoms with E-state index >= 15 is 0 Å². The first-order chi connectivity index (χ1) is 17.4. The van der Waals surface area contributed by atoms with Crippen LogP contribution >= 0.6 is 11.6 Å². The van der Waals surface area contributed by atoms with E-state index < -0.39 is 5.60 Å². The first kappa shape index (κ1) is 24.8. The summed E-state index contributed by atoms with van der Waals surface area (Å²) >= 11 is 6.07. The molecule has 0 radical (unpaired) electrons. The Hall–Kier alpha value is -2.86. The molecule has 1 aromatic heterocycles. The minimum Gasteiger partial charge on any atom is -0.497 e. The topological polar surface area (TPSA) is 54.8 Å². The molecule has 0 bridgehead atoms. The number of methoxy groups -OCH3 is 1. The number of hydrogen-bond donors (Lipinski definition) is 1. The van der Waals surface area contributed by atoms with Gasteiger partial charge in [-0.2, -0.15) is 0 Å². The predicted octanol–water partition coefficient (Wildman–Crippen LogP) is 6.22. The van der Waals surface area contributed by atoms with Crippen molar-refractivity contribution in [2.24, 2.45) is 0 Å². The van der Waals surface area contributed by atoms with Crippen LogP contribution < -0.4 is 9.47 Å². The van der Waals surface area contributed by atoms with Crippen molar-refractivity contribution in [2.75, 3.05) is 13.7 Å². The number of hydrogen-bond acceptors (Lipinski definition) is 5. The van der Waals surface area contributed by atoms with Gasteiger partial charge in [0.05, 0.1) is 18.4 Å². The molecule has 0 spiro atoms. The van der Waals surface area contributed by atoms with Gasteiger partial charge in [-0.1, -0.05) is 35.9 Å². The van der Waals surface area contributed by atoms with Gasteiger partial charge in [-0.3, -0.25) is 9.88 Å². The maximum atomic E-state index is 11.5. The summed E-state index contributed by atoms with van der Waals surface area (Å²) in [4.78, 5) is 7.09. The second kappa shape index (κ2) is 10.3. The average Bonchev–Trinajstić information content (AvgIpc) is 3.02. The number of ether oxygens (including phenoxy) is 2. The fourth-order valence-electron chi connectivity index (χ4n) is 5.81. The molecule has 188 valence electrons. The summed E-state index contributed by atoms with van der Waals surface area (Å²) in [5, 5.41) is 12.2. The van der Waals surface area contributed by atoms with E-state index in [0.717, 1.165) is 52.4 Å². The molecule has 2 aliphatic rings. The van der Waals surface area contributed by atoms with Crippen molar-refractivity contribution in [2.45, 2.75) is 57.4 Å². The van der Waals surface area contributed by atoms with E-state index in [1.54, 1.807) is 7.11 Å². The zero-order chi connectivity index (χ0) is 25.3. The van der Waals surface area contributed by atoms with E-state index in [1.807, 2.05) is 54.7 Å². The molecule has 3 heterocycles. The quantitative estimate of drug-likeness (QED) is 0.447. The molecule has 2 atom stereocenters. The van der Waals surface area contributed by atoms with Gasteiger partial charge in [0.25, 0.3) is 0 Å². The zero-order valence-corrected chi connectivity index (χ0v) is 21.8. The van der Waals surface area contributed by atoms with E-state index in [2.05, 4.69) is 35.9 Å². The normalized spacial score (nSPS) is 25.0. The van der Waals surface area contributed by atoms with Crippen LogP contribution in [-0.4, -0.2) is 40.7 Å². The number of likely N-dealkylation sites (tertiary alicyclic amines) is 1. The number of benzene rings is 2. The first-order valence-electron chi connectivity index (χ1n) is 12.6. The number of rotatable bonds is 5. The molecule has 3 aromatic rings. The molecule has 1 N–H and O–H groups in total. The van der Waals surface area contributed by atoms with Crippen LogP contribution in [0.25, 0.3) is 5.57 Å². The second-order valence-corrected chi connectivity index (χ2v) is 10.4. The Kier molecular flexibility index (Phi) is 7.07. The smallest absolute Gasteiger partial charge is 0.131 e. The monoisotopic (exact) mass is 504 g/mol. The number of piperidine rings is 1. The number of aliphatic hydroxyl groups is 1. The third kappa shape index (κ3) is 4.88. The number of halogens is 1. The van der Waals surface area contributed by atoms with Crippen molar-refractivity contribution in [3.63, 3.8) is 0 Å². The molecule has 2 aromatic carbocycles.